The van der Waals surface area contributed by atoms with Crippen LogP contribution in [0.3, 0.4) is 0 Å². The zero-order valence-corrected chi connectivity index (χ0v) is 11.8. The maximum Gasteiger partial charge on any atom is 0.258 e. The summed E-state index contributed by atoms with van der Waals surface area (Å²) < 4.78 is 18.5. The molecule has 4 nitrogen and oxygen atoms in total. The maximum atomic E-state index is 13.1. The van der Waals surface area contributed by atoms with E-state index in [9.17, 15) is 9.18 Å². The van der Waals surface area contributed by atoms with Crippen molar-refractivity contribution in [3.05, 3.63) is 29.6 Å². The predicted octanol–water partition coefficient (Wildman–Crippen LogP) is 2.14. The van der Waals surface area contributed by atoms with Crippen molar-refractivity contribution in [2.24, 2.45) is 5.73 Å². The first-order chi connectivity index (χ1) is 8.69. The van der Waals surface area contributed by atoms with E-state index in [2.05, 4.69) is 5.32 Å². The highest BCUT2D eigenvalue weighted by Crippen LogP contribution is 2.24. The first-order valence-corrected chi connectivity index (χ1v) is 6.18. The van der Waals surface area contributed by atoms with E-state index in [0.717, 1.165) is 0 Å². The molecule has 1 aromatic rings. The lowest BCUT2D eigenvalue weighted by molar-refractivity contribution is -0.124. The van der Waals surface area contributed by atoms with E-state index in [-0.39, 0.29) is 29.9 Å². The molecule has 0 saturated heterocycles. The Labute approximate surface area is 113 Å². The standard InChI is InChI=1S/C14H21FN2O2/c1-9(16)11-7-10(15)5-6-12(11)19-8-13(18)17-14(2,3)4/h5-7,9H,8,16H2,1-4H3,(H,17,18)/t9-/m1/s1. The lowest BCUT2D eigenvalue weighted by Gasteiger charge is -2.21. The highest BCUT2D eigenvalue weighted by Gasteiger charge is 2.15. The number of amides is 1. The van der Waals surface area contributed by atoms with E-state index < -0.39 is 0 Å². The van der Waals surface area contributed by atoms with Gasteiger partial charge < -0.3 is 15.8 Å². The minimum Gasteiger partial charge on any atom is -0.483 e. The molecule has 0 aliphatic heterocycles. The van der Waals surface area contributed by atoms with Gasteiger partial charge in [-0.15, -0.1) is 0 Å². The predicted molar refractivity (Wildman–Crippen MR) is 72.4 cm³/mol. The van der Waals surface area contributed by atoms with Gasteiger partial charge in [0, 0.05) is 17.1 Å². The number of nitrogens with one attached hydrogen (secondary N) is 1. The van der Waals surface area contributed by atoms with Crippen LogP contribution in [0, 0.1) is 5.82 Å². The van der Waals surface area contributed by atoms with Crippen molar-refractivity contribution in [2.45, 2.75) is 39.3 Å². The number of hydrogen-bond donors (Lipinski definition) is 2. The van der Waals surface area contributed by atoms with Gasteiger partial charge in [0.25, 0.3) is 5.91 Å². The van der Waals surface area contributed by atoms with Crippen molar-refractivity contribution in [3.63, 3.8) is 0 Å². The quantitative estimate of drug-likeness (QED) is 0.879. The number of benzene rings is 1. The van der Waals surface area contributed by atoms with E-state index in [1.807, 2.05) is 20.8 Å². The van der Waals surface area contributed by atoms with E-state index in [1.54, 1.807) is 6.92 Å². The van der Waals surface area contributed by atoms with Crippen LogP contribution in [0.15, 0.2) is 18.2 Å². The Bertz CT molecular complexity index is 453. The molecular formula is C14H21FN2O2. The van der Waals surface area contributed by atoms with Crippen LogP contribution in [0.25, 0.3) is 0 Å². The lowest BCUT2D eigenvalue weighted by atomic mass is 10.1. The smallest absolute Gasteiger partial charge is 0.258 e. The Kier molecular flexibility index (Phi) is 4.89. The van der Waals surface area contributed by atoms with Gasteiger partial charge in [0.2, 0.25) is 0 Å². The van der Waals surface area contributed by atoms with Crippen molar-refractivity contribution in [1.29, 1.82) is 0 Å². The van der Waals surface area contributed by atoms with Gasteiger partial charge in [0.15, 0.2) is 6.61 Å². The third kappa shape index (κ3) is 5.26. The van der Waals surface area contributed by atoms with Gasteiger partial charge in [-0.25, -0.2) is 4.39 Å². The second kappa shape index (κ2) is 6.02. The van der Waals surface area contributed by atoms with E-state index in [0.29, 0.717) is 11.3 Å². The summed E-state index contributed by atoms with van der Waals surface area (Å²) in [5.41, 5.74) is 5.98. The van der Waals surface area contributed by atoms with Gasteiger partial charge in [-0.1, -0.05) is 0 Å². The Morgan fingerprint density at radius 3 is 2.63 bits per heavy atom. The molecule has 19 heavy (non-hydrogen) atoms. The summed E-state index contributed by atoms with van der Waals surface area (Å²) in [6, 6.07) is 3.72. The summed E-state index contributed by atoms with van der Waals surface area (Å²) in [5.74, 6) is -0.174. The lowest BCUT2D eigenvalue weighted by Crippen LogP contribution is -2.43. The summed E-state index contributed by atoms with van der Waals surface area (Å²) in [5, 5.41) is 2.78. The van der Waals surface area contributed by atoms with Crippen molar-refractivity contribution < 1.29 is 13.9 Å². The number of carbonyl (C=O) groups excluding carboxylic acids is 1. The van der Waals surface area contributed by atoms with Crippen LogP contribution < -0.4 is 15.8 Å². The molecule has 0 radical (unpaired) electrons. The van der Waals surface area contributed by atoms with Crippen LogP contribution in [0.1, 0.15) is 39.3 Å². The van der Waals surface area contributed by atoms with E-state index >= 15 is 0 Å². The molecule has 0 aromatic heterocycles. The molecule has 0 aliphatic rings. The Morgan fingerprint density at radius 1 is 1.47 bits per heavy atom. The van der Waals surface area contributed by atoms with Gasteiger partial charge in [-0.3, -0.25) is 4.79 Å². The number of halogens is 1. The minimum absolute atomic E-state index is 0.122. The van der Waals surface area contributed by atoms with E-state index in [4.69, 9.17) is 10.5 Å². The maximum absolute atomic E-state index is 13.1. The fourth-order valence-corrected chi connectivity index (χ4v) is 1.60. The van der Waals surface area contributed by atoms with Crippen LogP contribution in [-0.4, -0.2) is 18.1 Å². The molecule has 0 unspecified atom stereocenters. The molecule has 1 atom stereocenters. The summed E-state index contributed by atoms with van der Waals surface area (Å²) in [6.07, 6.45) is 0. The first kappa shape index (κ1) is 15.4. The number of ether oxygens (including phenoxy) is 1. The molecule has 1 rings (SSSR count). The Morgan fingerprint density at radius 2 is 2.11 bits per heavy atom. The van der Waals surface area contributed by atoms with Crippen LogP contribution >= 0.6 is 0 Å². The molecular weight excluding hydrogens is 247 g/mol. The van der Waals surface area contributed by atoms with Crippen molar-refractivity contribution >= 4 is 5.91 Å². The summed E-state index contributed by atoms with van der Waals surface area (Å²) >= 11 is 0. The van der Waals surface area contributed by atoms with Gasteiger partial charge in [-0.2, -0.15) is 0 Å². The summed E-state index contributed by atoms with van der Waals surface area (Å²) in [6.45, 7) is 7.27. The van der Waals surface area contributed by atoms with E-state index in [1.165, 1.54) is 18.2 Å². The van der Waals surface area contributed by atoms with Crippen LogP contribution in [0.2, 0.25) is 0 Å². The second-order valence-corrected chi connectivity index (χ2v) is 5.56. The Balaban J connectivity index is 2.70. The number of carbonyl (C=O) groups is 1. The largest absolute Gasteiger partial charge is 0.483 e. The fraction of sp³-hybridized carbons (Fsp3) is 0.500. The molecule has 0 heterocycles. The normalized spacial score (nSPS) is 12.9. The highest BCUT2D eigenvalue weighted by molar-refractivity contribution is 5.78. The second-order valence-electron chi connectivity index (χ2n) is 5.56. The summed E-state index contributed by atoms with van der Waals surface area (Å²) in [7, 11) is 0. The zero-order valence-electron chi connectivity index (χ0n) is 11.8. The summed E-state index contributed by atoms with van der Waals surface area (Å²) in [4.78, 5) is 11.6. The molecule has 5 heteroatoms. The van der Waals surface area contributed by atoms with Crippen molar-refractivity contribution in [1.82, 2.24) is 5.32 Å². The molecule has 0 bridgehead atoms. The molecule has 1 amide bonds. The third-order valence-corrected chi connectivity index (χ3v) is 2.34. The van der Waals surface area contributed by atoms with Crippen LogP contribution in [0.5, 0.6) is 5.75 Å². The van der Waals surface area contributed by atoms with Crippen molar-refractivity contribution in [3.8, 4) is 5.75 Å². The fourth-order valence-electron chi connectivity index (χ4n) is 1.60. The highest BCUT2D eigenvalue weighted by atomic mass is 19.1. The Hall–Kier alpha value is -1.62. The van der Waals surface area contributed by atoms with Crippen LogP contribution in [-0.2, 0) is 4.79 Å². The SMILES string of the molecule is C[C@@H](N)c1cc(F)ccc1OCC(=O)NC(C)(C)C. The zero-order chi connectivity index (χ0) is 14.6. The molecule has 0 aliphatic carbocycles. The minimum atomic E-state index is -0.376. The van der Waals surface area contributed by atoms with Gasteiger partial charge >= 0.3 is 0 Å². The molecule has 0 saturated carbocycles. The van der Waals surface area contributed by atoms with Crippen molar-refractivity contribution in [2.75, 3.05) is 6.61 Å². The average Bonchev–Trinajstić information content (AvgIpc) is 2.24. The number of hydrogen-bond acceptors (Lipinski definition) is 3. The topological polar surface area (TPSA) is 64.3 Å². The number of nitrogens with two attached hydrogens (primary N) is 1. The average molecular weight is 268 g/mol. The van der Waals surface area contributed by atoms with Gasteiger partial charge in [-0.05, 0) is 45.9 Å². The monoisotopic (exact) mass is 268 g/mol. The van der Waals surface area contributed by atoms with Gasteiger partial charge in [0.05, 0.1) is 0 Å². The third-order valence-electron chi connectivity index (χ3n) is 2.34. The first-order valence-electron chi connectivity index (χ1n) is 6.18. The molecule has 106 valence electrons. The van der Waals surface area contributed by atoms with Gasteiger partial charge in [0.1, 0.15) is 11.6 Å². The number of rotatable bonds is 4. The van der Waals surface area contributed by atoms with Crippen LogP contribution in [0.4, 0.5) is 4.39 Å². The molecule has 1 aromatic carbocycles. The molecule has 0 fully saturated rings. The molecule has 3 N–H and O–H groups in total. The molecule has 0 spiro atoms.